The molecule has 2 atom stereocenters. The van der Waals surface area contributed by atoms with Crippen molar-refractivity contribution in [3.05, 3.63) is 42.1 Å². The summed E-state index contributed by atoms with van der Waals surface area (Å²) >= 11 is 0. The highest BCUT2D eigenvalue weighted by molar-refractivity contribution is 6.05. The number of aromatic nitrogens is 1. The van der Waals surface area contributed by atoms with Gasteiger partial charge in [-0.05, 0) is 37.3 Å². The minimum absolute atomic E-state index is 0.0431. The van der Waals surface area contributed by atoms with Gasteiger partial charge in [0.1, 0.15) is 0 Å². The fourth-order valence-electron chi connectivity index (χ4n) is 3.14. The molecule has 1 fully saturated rings. The summed E-state index contributed by atoms with van der Waals surface area (Å²) in [5.41, 5.74) is 7.40. The van der Waals surface area contributed by atoms with Crippen molar-refractivity contribution in [2.75, 3.05) is 6.54 Å². The molecule has 1 amide bonds. The third-order valence-corrected chi connectivity index (χ3v) is 4.25. The molecule has 110 valence electrons. The SMILES string of the molecule is NC1CCCC(CNC(=O)c2cccc3cccnc23)C1. The van der Waals surface area contributed by atoms with Crippen molar-refractivity contribution in [2.24, 2.45) is 11.7 Å². The van der Waals surface area contributed by atoms with Crippen LogP contribution in [0.1, 0.15) is 36.0 Å². The lowest BCUT2D eigenvalue weighted by atomic mass is 9.86. The Balaban J connectivity index is 1.69. The molecule has 0 radical (unpaired) electrons. The van der Waals surface area contributed by atoms with Crippen LogP contribution >= 0.6 is 0 Å². The van der Waals surface area contributed by atoms with E-state index in [9.17, 15) is 4.79 Å². The molecular weight excluding hydrogens is 262 g/mol. The molecule has 1 saturated carbocycles. The summed E-state index contributed by atoms with van der Waals surface area (Å²) in [5, 5.41) is 4.04. The molecular formula is C17H21N3O. The van der Waals surface area contributed by atoms with Crippen LogP contribution in [0.2, 0.25) is 0 Å². The monoisotopic (exact) mass is 283 g/mol. The first kappa shape index (κ1) is 14.0. The van der Waals surface area contributed by atoms with E-state index in [2.05, 4.69) is 10.3 Å². The van der Waals surface area contributed by atoms with E-state index in [4.69, 9.17) is 5.73 Å². The van der Waals surface area contributed by atoms with Gasteiger partial charge in [0.05, 0.1) is 11.1 Å². The summed E-state index contributed by atoms with van der Waals surface area (Å²) < 4.78 is 0. The molecule has 0 aliphatic heterocycles. The lowest BCUT2D eigenvalue weighted by Crippen LogP contribution is -2.35. The Kier molecular flexibility index (Phi) is 4.15. The summed E-state index contributed by atoms with van der Waals surface area (Å²) in [6.07, 6.45) is 6.16. The maximum absolute atomic E-state index is 12.4. The first-order chi connectivity index (χ1) is 10.2. The second-order valence-electron chi connectivity index (χ2n) is 5.88. The number of amides is 1. The third kappa shape index (κ3) is 3.22. The summed E-state index contributed by atoms with van der Waals surface area (Å²) in [7, 11) is 0. The molecule has 0 spiro atoms. The van der Waals surface area contributed by atoms with Crippen LogP contribution in [0.15, 0.2) is 36.5 Å². The molecule has 0 saturated heterocycles. The molecule has 3 N–H and O–H groups in total. The highest BCUT2D eigenvalue weighted by Gasteiger charge is 2.20. The number of nitrogens with zero attached hydrogens (tertiary/aromatic N) is 1. The number of hydrogen-bond donors (Lipinski definition) is 2. The van der Waals surface area contributed by atoms with Crippen LogP contribution in [0.3, 0.4) is 0 Å². The van der Waals surface area contributed by atoms with Crippen molar-refractivity contribution in [1.29, 1.82) is 0 Å². The number of pyridine rings is 1. The number of rotatable bonds is 3. The molecule has 2 unspecified atom stereocenters. The number of carbonyl (C=O) groups is 1. The van der Waals surface area contributed by atoms with Crippen molar-refractivity contribution in [1.82, 2.24) is 10.3 Å². The highest BCUT2D eigenvalue weighted by atomic mass is 16.1. The summed E-state index contributed by atoms with van der Waals surface area (Å²) in [4.78, 5) is 16.7. The fourth-order valence-corrected chi connectivity index (χ4v) is 3.14. The maximum Gasteiger partial charge on any atom is 0.253 e. The number of benzene rings is 1. The molecule has 1 heterocycles. The normalized spacial score (nSPS) is 22.1. The zero-order valence-electron chi connectivity index (χ0n) is 12.1. The number of nitrogens with two attached hydrogens (primary N) is 1. The number of nitrogens with one attached hydrogen (secondary N) is 1. The average Bonchev–Trinajstić information content (AvgIpc) is 2.52. The van der Waals surface area contributed by atoms with Crippen molar-refractivity contribution < 1.29 is 4.79 Å². The Morgan fingerprint density at radius 3 is 3.00 bits per heavy atom. The molecule has 3 rings (SSSR count). The fraction of sp³-hybridized carbons (Fsp3) is 0.412. The largest absolute Gasteiger partial charge is 0.352 e. The summed E-state index contributed by atoms with van der Waals surface area (Å²) in [5.74, 6) is 0.457. The predicted molar refractivity (Wildman–Crippen MR) is 84.0 cm³/mol. The second-order valence-corrected chi connectivity index (χ2v) is 5.88. The Morgan fingerprint density at radius 2 is 2.14 bits per heavy atom. The van der Waals surface area contributed by atoms with Crippen LogP contribution < -0.4 is 11.1 Å². The van der Waals surface area contributed by atoms with Crippen LogP contribution in [0, 0.1) is 5.92 Å². The Bertz CT molecular complexity index is 635. The zero-order valence-corrected chi connectivity index (χ0v) is 12.1. The van der Waals surface area contributed by atoms with Gasteiger partial charge in [-0.2, -0.15) is 0 Å². The van der Waals surface area contributed by atoms with Gasteiger partial charge in [-0.1, -0.05) is 24.6 Å². The van der Waals surface area contributed by atoms with Crippen molar-refractivity contribution in [2.45, 2.75) is 31.7 Å². The van der Waals surface area contributed by atoms with Crippen molar-refractivity contribution in [3.8, 4) is 0 Å². The molecule has 1 aliphatic rings. The van der Waals surface area contributed by atoms with Gasteiger partial charge in [-0.3, -0.25) is 9.78 Å². The Labute approximate surface area is 124 Å². The van der Waals surface area contributed by atoms with Crippen LogP contribution in [-0.4, -0.2) is 23.5 Å². The van der Waals surface area contributed by atoms with E-state index in [-0.39, 0.29) is 5.91 Å². The van der Waals surface area contributed by atoms with Gasteiger partial charge < -0.3 is 11.1 Å². The van der Waals surface area contributed by atoms with Gasteiger partial charge in [0.15, 0.2) is 0 Å². The third-order valence-electron chi connectivity index (χ3n) is 4.25. The molecule has 1 aliphatic carbocycles. The lowest BCUT2D eigenvalue weighted by Gasteiger charge is -2.26. The molecule has 2 aromatic rings. The van der Waals surface area contributed by atoms with Crippen LogP contribution in [0.4, 0.5) is 0 Å². The first-order valence-electron chi connectivity index (χ1n) is 7.61. The van der Waals surface area contributed by atoms with Gasteiger partial charge in [-0.25, -0.2) is 0 Å². The summed E-state index contributed by atoms with van der Waals surface area (Å²) in [6, 6.07) is 9.85. The molecule has 4 nitrogen and oxygen atoms in total. The molecule has 0 bridgehead atoms. The predicted octanol–water partition coefficient (Wildman–Crippen LogP) is 2.48. The van der Waals surface area contributed by atoms with E-state index in [1.807, 2.05) is 30.3 Å². The standard InChI is InChI=1S/C17H21N3O/c18-14-7-1-4-12(10-14)11-20-17(21)15-8-2-5-13-6-3-9-19-16(13)15/h2-3,5-6,8-9,12,14H,1,4,7,10-11,18H2,(H,20,21). The molecule has 1 aromatic heterocycles. The van der Waals surface area contributed by atoms with E-state index in [0.717, 1.165) is 36.6 Å². The van der Waals surface area contributed by atoms with Crippen LogP contribution in [0.5, 0.6) is 0 Å². The van der Waals surface area contributed by atoms with Gasteiger partial charge >= 0.3 is 0 Å². The number of carbonyl (C=O) groups excluding carboxylic acids is 1. The van der Waals surface area contributed by atoms with Crippen LogP contribution in [-0.2, 0) is 0 Å². The summed E-state index contributed by atoms with van der Waals surface area (Å²) in [6.45, 7) is 0.704. The maximum atomic E-state index is 12.4. The van der Waals surface area contributed by atoms with E-state index in [1.165, 1.54) is 0 Å². The highest BCUT2D eigenvalue weighted by Crippen LogP contribution is 2.22. The zero-order chi connectivity index (χ0) is 14.7. The van der Waals surface area contributed by atoms with Crippen molar-refractivity contribution in [3.63, 3.8) is 0 Å². The van der Waals surface area contributed by atoms with Gasteiger partial charge in [0, 0.05) is 24.2 Å². The number of para-hydroxylation sites is 1. The topological polar surface area (TPSA) is 68.0 Å². The Morgan fingerprint density at radius 1 is 1.29 bits per heavy atom. The minimum atomic E-state index is -0.0431. The quantitative estimate of drug-likeness (QED) is 0.909. The second kappa shape index (κ2) is 6.22. The van der Waals surface area contributed by atoms with Crippen molar-refractivity contribution >= 4 is 16.8 Å². The van der Waals surface area contributed by atoms with Gasteiger partial charge in [0.25, 0.3) is 5.91 Å². The van der Waals surface area contributed by atoms with E-state index in [1.54, 1.807) is 6.20 Å². The van der Waals surface area contributed by atoms with E-state index >= 15 is 0 Å². The van der Waals surface area contributed by atoms with Gasteiger partial charge in [-0.15, -0.1) is 0 Å². The first-order valence-corrected chi connectivity index (χ1v) is 7.61. The smallest absolute Gasteiger partial charge is 0.253 e. The Hall–Kier alpha value is -1.94. The molecule has 4 heteroatoms. The van der Waals surface area contributed by atoms with Gasteiger partial charge in [0.2, 0.25) is 0 Å². The minimum Gasteiger partial charge on any atom is -0.352 e. The average molecular weight is 283 g/mol. The van der Waals surface area contributed by atoms with Crippen LogP contribution in [0.25, 0.3) is 10.9 Å². The number of hydrogen-bond acceptors (Lipinski definition) is 3. The molecule has 21 heavy (non-hydrogen) atoms. The molecule has 1 aromatic carbocycles. The lowest BCUT2D eigenvalue weighted by molar-refractivity contribution is 0.0944. The van der Waals surface area contributed by atoms with E-state index < -0.39 is 0 Å². The number of fused-ring (bicyclic) bond motifs is 1. The van der Waals surface area contributed by atoms with E-state index in [0.29, 0.717) is 24.1 Å².